The van der Waals surface area contributed by atoms with E-state index in [2.05, 4.69) is 0 Å². The Kier molecular flexibility index (Phi) is 3.77. The lowest BCUT2D eigenvalue weighted by molar-refractivity contribution is 0.394. The van der Waals surface area contributed by atoms with Crippen LogP contribution in [-0.4, -0.2) is 0 Å². The highest BCUT2D eigenvalue weighted by atomic mass is 35.5. The summed E-state index contributed by atoms with van der Waals surface area (Å²) in [4.78, 5) is 0. The maximum absolute atomic E-state index is 13.6. The average molecular weight is 273 g/mol. The summed E-state index contributed by atoms with van der Waals surface area (Å²) in [7, 11) is 0. The molecule has 0 unspecified atom stereocenters. The number of halogens is 4. The topological polar surface area (TPSA) is 9.23 Å². The third-order valence-electron chi connectivity index (χ3n) is 2.32. The largest absolute Gasteiger partial charge is 0.451 e. The summed E-state index contributed by atoms with van der Waals surface area (Å²) in [5, 5.41) is 0. The Bertz CT molecular complexity index is 572. The first-order valence-electron chi connectivity index (χ1n) is 5.08. The van der Waals surface area contributed by atoms with E-state index in [4.69, 9.17) is 16.3 Å². The lowest BCUT2D eigenvalue weighted by atomic mass is 10.2. The van der Waals surface area contributed by atoms with Crippen molar-refractivity contribution >= 4 is 11.6 Å². The summed E-state index contributed by atoms with van der Waals surface area (Å²) in [6.45, 7) is 0. The molecule has 0 N–H and O–H groups in total. The number of hydrogen-bond donors (Lipinski definition) is 0. The second-order valence-corrected chi connectivity index (χ2v) is 3.78. The summed E-state index contributed by atoms with van der Waals surface area (Å²) < 4.78 is 45.0. The molecule has 0 amide bonds. The van der Waals surface area contributed by atoms with E-state index >= 15 is 0 Å². The zero-order valence-corrected chi connectivity index (χ0v) is 9.85. The second kappa shape index (κ2) is 5.31. The van der Waals surface area contributed by atoms with Crippen molar-refractivity contribution < 1.29 is 17.9 Å². The predicted molar refractivity (Wildman–Crippen MR) is 62.4 cm³/mol. The molecule has 0 bridgehead atoms. The zero-order valence-electron chi connectivity index (χ0n) is 9.09. The van der Waals surface area contributed by atoms with Gasteiger partial charge in [0.1, 0.15) is 0 Å². The number of hydrogen-bond acceptors (Lipinski definition) is 1. The molecule has 2 aromatic rings. The minimum absolute atomic E-state index is 0.00400. The molecule has 1 nitrogen and oxygen atoms in total. The number of ether oxygens (including phenoxy) is 1. The Balaban J connectivity index is 2.43. The molecule has 94 valence electrons. The van der Waals surface area contributed by atoms with E-state index < -0.39 is 17.5 Å². The molecule has 0 heterocycles. The molecule has 18 heavy (non-hydrogen) atoms. The maximum Gasteiger partial charge on any atom is 0.201 e. The van der Waals surface area contributed by atoms with Crippen molar-refractivity contribution in [3.05, 3.63) is 59.4 Å². The Morgan fingerprint density at radius 3 is 2.33 bits per heavy atom. The van der Waals surface area contributed by atoms with Crippen LogP contribution in [0.3, 0.4) is 0 Å². The molecule has 0 fully saturated rings. The highest BCUT2D eigenvalue weighted by Crippen LogP contribution is 2.31. The molecule has 2 aromatic carbocycles. The number of rotatable bonds is 3. The quantitative estimate of drug-likeness (QED) is 0.740. The summed E-state index contributed by atoms with van der Waals surface area (Å²) in [5.41, 5.74) is 0.361. The average Bonchev–Trinajstić information content (AvgIpc) is 2.37. The van der Waals surface area contributed by atoms with Gasteiger partial charge in [-0.3, -0.25) is 0 Å². The van der Waals surface area contributed by atoms with Crippen LogP contribution in [0.15, 0.2) is 36.4 Å². The molecular weight excluding hydrogens is 265 g/mol. The summed E-state index contributed by atoms with van der Waals surface area (Å²) in [5.74, 6) is -3.48. The van der Waals surface area contributed by atoms with Gasteiger partial charge in [-0.15, -0.1) is 11.6 Å². The molecule has 0 aliphatic carbocycles. The summed E-state index contributed by atoms with van der Waals surface area (Å²) in [6, 6.07) is 7.59. The lowest BCUT2D eigenvalue weighted by Gasteiger charge is -2.11. The number of para-hydroxylation sites is 1. The SMILES string of the molecule is Fc1cccc(Oc2c(F)cccc2CCl)c1F. The lowest BCUT2D eigenvalue weighted by Crippen LogP contribution is -1.96. The molecule has 0 aliphatic rings. The highest BCUT2D eigenvalue weighted by Gasteiger charge is 2.14. The molecule has 5 heteroatoms. The van der Waals surface area contributed by atoms with Gasteiger partial charge >= 0.3 is 0 Å². The van der Waals surface area contributed by atoms with Crippen molar-refractivity contribution in [3.8, 4) is 11.5 Å². The van der Waals surface area contributed by atoms with Gasteiger partial charge in [-0.2, -0.15) is 4.39 Å². The van der Waals surface area contributed by atoms with Gasteiger partial charge in [0.2, 0.25) is 5.82 Å². The van der Waals surface area contributed by atoms with E-state index in [1.54, 1.807) is 6.07 Å². The Morgan fingerprint density at radius 2 is 1.61 bits per heavy atom. The Morgan fingerprint density at radius 1 is 0.944 bits per heavy atom. The molecular formula is C13H8ClF3O. The van der Waals surface area contributed by atoms with Gasteiger partial charge in [0.05, 0.1) is 5.88 Å². The molecule has 0 spiro atoms. The molecule has 0 saturated heterocycles. The van der Waals surface area contributed by atoms with Crippen LogP contribution < -0.4 is 4.74 Å². The van der Waals surface area contributed by atoms with Crippen molar-refractivity contribution in [3.63, 3.8) is 0 Å². The first kappa shape index (κ1) is 12.8. The summed E-state index contributed by atoms with van der Waals surface area (Å²) >= 11 is 5.63. The van der Waals surface area contributed by atoms with Crippen molar-refractivity contribution in [2.24, 2.45) is 0 Å². The van der Waals surface area contributed by atoms with Crippen LogP contribution in [0.2, 0.25) is 0 Å². The van der Waals surface area contributed by atoms with E-state index in [0.29, 0.717) is 5.56 Å². The fourth-order valence-electron chi connectivity index (χ4n) is 1.45. The molecule has 2 rings (SSSR count). The molecule has 0 saturated carbocycles. The van der Waals surface area contributed by atoms with Crippen LogP contribution >= 0.6 is 11.6 Å². The van der Waals surface area contributed by atoms with Crippen LogP contribution in [0.4, 0.5) is 13.2 Å². The van der Waals surface area contributed by atoms with Crippen molar-refractivity contribution in [2.75, 3.05) is 0 Å². The van der Waals surface area contributed by atoms with Gasteiger partial charge in [-0.25, -0.2) is 8.78 Å². The van der Waals surface area contributed by atoms with E-state index in [9.17, 15) is 13.2 Å². The van der Waals surface area contributed by atoms with E-state index in [1.807, 2.05) is 0 Å². The van der Waals surface area contributed by atoms with Gasteiger partial charge in [-0.05, 0) is 18.2 Å². The highest BCUT2D eigenvalue weighted by molar-refractivity contribution is 6.17. The fraction of sp³-hybridized carbons (Fsp3) is 0.0769. The minimum atomic E-state index is -1.17. The zero-order chi connectivity index (χ0) is 13.1. The van der Waals surface area contributed by atoms with Gasteiger partial charge < -0.3 is 4.74 Å². The minimum Gasteiger partial charge on any atom is -0.451 e. The van der Waals surface area contributed by atoms with Crippen molar-refractivity contribution in [1.29, 1.82) is 0 Å². The fourth-order valence-corrected chi connectivity index (χ4v) is 1.66. The second-order valence-electron chi connectivity index (χ2n) is 3.52. The smallest absolute Gasteiger partial charge is 0.201 e. The van der Waals surface area contributed by atoms with Crippen LogP contribution in [-0.2, 0) is 5.88 Å². The van der Waals surface area contributed by atoms with E-state index in [-0.39, 0.29) is 17.4 Å². The molecule has 0 aromatic heterocycles. The standard InChI is InChI=1S/C13H8ClF3O/c14-7-8-3-1-5-10(16)13(8)18-11-6-2-4-9(15)12(11)17/h1-6H,7H2. The first-order valence-corrected chi connectivity index (χ1v) is 5.62. The third kappa shape index (κ3) is 2.43. The molecule has 0 atom stereocenters. The van der Waals surface area contributed by atoms with E-state index in [1.165, 1.54) is 18.2 Å². The van der Waals surface area contributed by atoms with Crippen LogP contribution in [0, 0.1) is 17.5 Å². The Hall–Kier alpha value is -1.68. The van der Waals surface area contributed by atoms with Gasteiger partial charge in [0.15, 0.2) is 23.1 Å². The van der Waals surface area contributed by atoms with Gasteiger partial charge in [-0.1, -0.05) is 18.2 Å². The maximum atomic E-state index is 13.6. The first-order chi connectivity index (χ1) is 8.63. The molecule has 0 radical (unpaired) electrons. The van der Waals surface area contributed by atoms with Gasteiger partial charge in [0, 0.05) is 5.56 Å². The number of benzene rings is 2. The normalized spacial score (nSPS) is 10.4. The predicted octanol–water partition coefficient (Wildman–Crippen LogP) is 4.64. The third-order valence-corrected chi connectivity index (χ3v) is 2.61. The van der Waals surface area contributed by atoms with Crippen LogP contribution in [0.5, 0.6) is 11.5 Å². The number of alkyl halides is 1. The van der Waals surface area contributed by atoms with Crippen LogP contribution in [0.25, 0.3) is 0 Å². The summed E-state index contributed by atoms with van der Waals surface area (Å²) in [6.07, 6.45) is 0. The van der Waals surface area contributed by atoms with E-state index in [0.717, 1.165) is 12.1 Å². The monoisotopic (exact) mass is 272 g/mol. The van der Waals surface area contributed by atoms with Crippen LogP contribution in [0.1, 0.15) is 5.56 Å². The van der Waals surface area contributed by atoms with Crippen molar-refractivity contribution in [1.82, 2.24) is 0 Å². The molecule has 0 aliphatic heterocycles. The van der Waals surface area contributed by atoms with Crippen molar-refractivity contribution in [2.45, 2.75) is 5.88 Å². The Labute approximate surface area is 107 Å². The van der Waals surface area contributed by atoms with Gasteiger partial charge in [0.25, 0.3) is 0 Å².